The lowest BCUT2D eigenvalue weighted by Crippen LogP contribution is -2.50. The molecular weight excluding hydrogens is 274 g/mol. The summed E-state index contributed by atoms with van der Waals surface area (Å²) in [5.74, 6) is 1.10. The number of nitrogens with zero attached hydrogens (tertiary/aromatic N) is 5. The first kappa shape index (κ1) is 15.0. The van der Waals surface area contributed by atoms with Gasteiger partial charge in [0, 0.05) is 69.2 Å². The second-order valence-electron chi connectivity index (χ2n) is 6.16. The normalized spacial score (nSPS) is 17.7. The van der Waals surface area contributed by atoms with Crippen LogP contribution in [0.1, 0.15) is 18.3 Å². The molecule has 1 saturated heterocycles. The summed E-state index contributed by atoms with van der Waals surface area (Å²) in [6, 6.07) is 2.66. The van der Waals surface area contributed by atoms with Gasteiger partial charge in [-0.15, -0.1) is 0 Å². The standard InChI is InChI=1S/C17H25N5/c1-14-12-18-5-4-17(14)21-10-8-20(9-11-21)15(2)13-22-7-6-19-16(22)3/h4-7,12,15H,8-11,13H2,1-3H3. The van der Waals surface area contributed by atoms with E-state index < -0.39 is 0 Å². The second-order valence-corrected chi connectivity index (χ2v) is 6.16. The van der Waals surface area contributed by atoms with Crippen molar-refractivity contribution in [3.05, 3.63) is 42.2 Å². The molecule has 0 saturated carbocycles. The summed E-state index contributed by atoms with van der Waals surface area (Å²) in [4.78, 5) is 13.5. The Morgan fingerprint density at radius 3 is 2.55 bits per heavy atom. The van der Waals surface area contributed by atoms with Gasteiger partial charge in [-0.1, -0.05) is 0 Å². The minimum absolute atomic E-state index is 0.536. The lowest BCUT2D eigenvalue weighted by Gasteiger charge is -2.39. The molecular formula is C17H25N5. The zero-order valence-corrected chi connectivity index (χ0v) is 13.7. The monoisotopic (exact) mass is 299 g/mol. The predicted molar refractivity (Wildman–Crippen MR) is 89.2 cm³/mol. The quantitative estimate of drug-likeness (QED) is 0.866. The number of hydrogen-bond donors (Lipinski definition) is 0. The predicted octanol–water partition coefficient (Wildman–Crippen LogP) is 2.11. The Morgan fingerprint density at radius 2 is 1.91 bits per heavy atom. The smallest absolute Gasteiger partial charge is 0.105 e. The Hall–Kier alpha value is -1.88. The number of pyridine rings is 1. The molecule has 2 aromatic rings. The maximum absolute atomic E-state index is 4.31. The largest absolute Gasteiger partial charge is 0.369 e. The SMILES string of the molecule is Cc1cnccc1N1CCN(C(C)Cn2ccnc2C)CC1. The van der Waals surface area contributed by atoms with Crippen molar-refractivity contribution in [3.8, 4) is 0 Å². The topological polar surface area (TPSA) is 37.2 Å². The van der Waals surface area contributed by atoms with E-state index in [0.717, 1.165) is 38.5 Å². The van der Waals surface area contributed by atoms with E-state index in [0.29, 0.717) is 6.04 Å². The highest BCUT2D eigenvalue weighted by atomic mass is 15.3. The van der Waals surface area contributed by atoms with Gasteiger partial charge in [0.2, 0.25) is 0 Å². The van der Waals surface area contributed by atoms with Crippen LogP contribution in [0.25, 0.3) is 0 Å². The van der Waals surface area contributed by atoms with Gasteiger partial charge in [-0.3, -0.25) is 9.88 Å². The van der Waals surface area contributed by atoms with Gasteiger partial charge in [-0.05, 0) is 32.4 Å². The number of aromatic nitrogens is 3. The van der Waals surface area contributed by atoms with Crippen LogP contribution in [0, 0.1) is 13.8 Å². The van der Waals surface area contributed by atoms with Crippen LogP contribution in [-0.2, 0) is 6.54 Å². The van der Waals surface area contributed by atoms with E-state index in [1.54, 1.807) is 0 Å². The fourth-order valence-corrected chi connectivity index (χ4v) is 3.22. The molecule has 0 N–H and O–H groups in total. The Morgan fingerprint density at radius 1 is 1.14 bits per heavy atom. The lowest BCUT2D eigenvalue weighted by molar-refractivity contribution is 0.180. The molecule has 22 heavy (non-hydrogen) atoms. The highest BCUT2D eigenvalue weighted by Crippen LogP contribution is 2.20. The maximum atomic E-state index is 4.31. The van der Waals surface area contributed by atoms with Crippen molar-refractivity contribution in [1.82, 2.24) is 19.4 Å². The lowest BCUT2D eigenvalue weighted by atomic mass is 10.2. The van der Waals surface area contributed by atoms with Gasteiger partial charge in [-0.25, -0.2) is 4.98 Å². The highest BCUT2D eigenvalue weighted by molar-refractivity contribution is 5.51. The fourth-order valence-electron chi connectivity index (χ4n) is 3.22. The van der Waals surface area contributed by atoms with Gasteiger partial charge in [0.1, 0.15) is 5.82 Å². The first-order chi connectivity index (χ1) is 10.6. The molecule has 1 aliphatic rings. The first-order valence-electron chi connectivity index (χ1n) is 8.02. The van der Waals surface area contributed by atoms with E-state index in [9.17, 15) is 0 Å². The molecule has 0 amide bonds. The van der Waals surface area contributed by atoms with Crippen LogP contribution in [0.15, 0.2) is 30.9 Å². The van der Waals surface area contributed by atoms with Crippen molar-refractivity contribution in [3.63, 3.8) is 0 Å². The molecule has 0 aromatic carbocycles. The maximum Gasteiger partial charge on any atom is 0.105 e. The van der Waals surface area contributed by atoms with E-state index in [1.165, 1.54) is 11.3 Å². The number of aryl methyl sites for hydroxylation is 2. The summed E-state index contributed by atoms with van der Waals surface area (Å²) in [5.41, 5.74) is 2.59. The van der Waals surface area contributed by atoms with Gasteiger partial charge >= 0.3 is 0 Å². The van der Waals surface area contributed by atoms with Crippen molar-refractivity contribution >= 4 is 5.69 Å². The van der Waals surface area contributed by atoms with E-state index in [4.69, 9.17) is 0 Å². The van der Waals surface area contributed by atoms with Crippen LogP contribution in [0.2, 0.25) is 0 Å². The zero-order chi connectivity index (χ0) is 15.5. The molecule has 5 nitrogen and oxygen atoms in total. The van der Waals surface area contributed by atoms with Crippen LogP contribution < -0.4 is 4.90 Å². The van der Waals surface area contributed by atoms with E-state index in [1.807, 2.05) is 18.6 Å². The van der Waals surface area contributed by atoms with Gasteiger partial charge in [0.15, 0.2) is 0 Å². The molecule has 3 rings (SSSR count). The average Bonchev–Trinajstić information content (AvgIpc) is 2.93. The molecule has 0 bridgehead atoms. The van der Waals surface area contributed by atoms with Crippen LogP contribution in [0.4, 0.5) is 5.69 Å². The molecule has 1 fully saturated rings. The molecule has 1 unspecified atom stereocenters. The number of hydrogen-bond acceptors (Lipinski definition) is 4. The summed E-state index contributed by atoms with van der Waals surface area (Å²) < 4.78 is 2.24. The molecule has 0 spiro atoms. The van der Waals surface area contributed by atoms with E-state index >= 15 is 0 Å². The third-order valence-electron chi connectivity index (χ3n) is 4.65. The molecule has 0 aliphatic carbocycles. The molecule has 1 aliphatic heterocycles. The summed E-state index contributed by atoms with van der Waals surface area (Å²) in [6.45, 7) is 11.9. The van der Waals surface area contributed by atoms with Gasteiger partial charge in [0.25, 0.3) is 0 Å². The Kier molecular flexibility index (Phi) is 4.43. The summed E-state index contributed by atoms with van der Waals surface area (Å²) in [5, 5.41) is 0. The molecule has 118 valence electrons. The number of imidazole rings is 1. The summed E-state index contributed by atoms with van der Waals surface area (Å²) in [7, 11) is 0. The zero-order valence-electron chi connectivity index (χ0n) is 13.7. The highest BCUT2D eigenvalue weighted by Gasteiger charge is 2.22. The van der Waals surface area contributed by atoms with Crippen LogP contribution in [0.3, 0.4) is 0 Å². The van der Waals surface area contributed by atoms with E-state index in [-0.39, 0.29) is 0 Å². The number of piperazine rings is 1. The number of anilines is 1. The van der Waals surface area contributed by atoms with Gasteiger partial charge < -0.3 is 9.47 Å². The molecule has 0 radical (unpaired) electrons. The van der Waals surface area contributed by atoms with Gasteiger partial charge in [-0.2, -0.15) is 0 Å². The molecule has 2 aromatic heterocycles. The van der Waals surface area contributed by atoms with Crippen LogP contribution in [0.5, 0.6) is 0 Å². The van der Waals surface area contributed by atoms with E-state index in [2.05, 4.69) is 57.4 Å². The van der Waals surface area contributed by atoms with Gasteiger partial charge in [0.05, 0.1) is 0 Å². The Bertz CT molecular complexity index is 613. The second kappa shape index (κ2) is 6.48. The minimum Gasteiger partial charge on any atom is -0.369 e. The molecule has 3 heterocycles. The van der Waals surface area contributed by atoms with Crippen molar-refractivity contribution in [2.75, 3.05) is 31.1 Å². The summed E-state index contributed by atoms with van der Waals surface area (Å²) in [6.07, 6.45) is 7.79. The number of rotatable bonds is 4. The Balaban J connectivity index is 1.57. The fraction of sp³-hybridized carbons (Fsp3) is 0.529. The third-order valence-corrected chi connectivity index (χ3v) is 4.65. The first-order valence-corrected chi connectivity index (χ1v) is 8.02. The minimum atomic E-state index is 0.536. The van der Waals surface area contributed by atoms with Crippen molar-refractivity contribution in [2.24, 2.45) is 0 Å². The summed E-state index contributed by atoms with van der Waals surface area (Å²) >= 11 is 0. The Labute approximate surface area is 132 Å². The van der Waals surface area contributed by atoms with Crippen molar-refractivity contribution in [1.29, 1.82) is 0 Å². The third kappa shape index (κ3) is 3.14. The average molecular weight is 299 g/mol. The van der Waals surface area contributed by atoms with Crippen molar-refractivity contribution < 1.29 is 0 Å². The van der Waals surface area contributed by atoms with Crippen LogP contribution in [-0.4, -0.2) is 51.7 Å². The molecule has 1 atom stereocenters. The van der Waals surface area contributed by atoms with Crippen LogP contribution >= 0.6 is 0 Å². The van der Waals surface area contributed by atoms with Crippen molar-refractivity contribution in [2.45, 2.75) is 33.4 Å². The molecule has 5 heteroatoms.